The first-order valence-electron chi connectivity index (χ1n) is 6.51. The Balaban J connectivity index is 1.88. The average molecular weight is 253 g/mol. The molecule has 18 heavy (non-hydrogen) atoms. The molecule has 0 radical (unpaired) electrons. The fraction of sp³-hybridized carbons (Fsp3) is 0.769. The Morgan fingerprint density at radius 2 is 2.11 bits per heavy atom. The van der Waals surface area contributed by atoms with Crippen molar-refractivity contribution < 1.29 is 9.73 Å². The standard InChI is InChI=1S/C13H23N3O2/c1-5-9-8-13(9,16-12(2,3)4)11(17)15-18-14-10-6-7-10/h5,9-10,14,16H,1,6-8H2,2-4H3,(H,15,17)/t9-,13-/m1/s1. The van der Waals surface area contributed by atoms with Crippen molar-refractivity contribution in [3.05, 3.63) is 12.7 Å². The monoisotopic (exact) mass is 253 g/mol. The molecule has 5 heteroatoms. The molecule has 0 spiro atoms. The summed E-state index contributed by atoms with van der Waals surface area (Å²) in [4.78, 5) is 17.2. The molecule has 0 aromatic rings. The van der Waals surface area contributed by atoms with Crippen molar-refractivity contribution in [2.24, 2.45) is 5.92 Å². The third-order valence-corrected chi connectivity index (χ3v) is 3.25. The lowest BCUT2D eigenvalue weighted by atomic mass is 10.0. The highest BCUT2D eigenvalue weighted by atomic mass is 16.8. The Morgan fingerprint density at radius 1 is 1.44 bits per heavy atom. The van der Waals surface area contributed by atoms with E-state index < -0.39 is 5.54 Å². The van der Waals surface area contributed by atoms with Gasteiger partial charge in [-0.05, 0) is 40.0 Å². The van der Waals surface area contributed by atoms with Crippen LogP contribution in [0.5, 0.6) is 0 Å². The van der Waals surface area contributed by atoms with Crippen molar-refractivity contribution in [2.45, 2.75) is 57.2 Å². The van der Waals surface area contributed by atoms with Crippen LogP contribution in [0.2, 0.25) is 0 Å². The molecule has 0 aliphatic heterocycles. The molecule has 0 aromatic carbocycles. The summed E-state index contributed by atoms with van der Waals surface area (Å²) in [7, 11) is 0. The third kappa shape index (κ3) is 3.10. The SMILES string of the molecule is C=C[C@@H]1C[C@]1(NC(C)(C)C)C(=O)NONC1CC1. The molecule has 3 N–H and O–H groups in total. The molecule has 0 heterocycles. The van der Waals surface area contributed by atoms with E-state index in [9.17, 15) is 4.79 Å². The first kappa shape index (κ1) is 13.5. The van der Waals surface area contributed by atoms with Crippen molar-refractivity contribution in [2.75, 3.05) is 0 Å². The Labute approximate surface area is 108 Å². The van der Waals surface area contributed by atoms with Gasteiger partial charge in [0.05, 0.1) is 0 Å². The molecule has 0 aromatic heterocycles. The summed E-state index contributed by atoms with van der Waals surface area (Å²) in [5, 5.41) is 3.37. The van der Waals surface area contributed by atoms with Gasteiger partial charge < -0.3 is 0 Å². The zero-order valence-corrected chi connectivity index (χ0v) is 11.4. The molecule has 102 valence electrons. The number of hydrogen-bond acceptors (Lipinski definition) is 4. The van der Waals surface area contributed by atoms with Gasteiger partial charge in [-0.25, -0.2) is 5.48 Å². The summed E-state index contributed by atoms with van der Waals surface area (Å²) in [6.07, 6.45) is 4.81. The second-order valence-electron chi connectivity index (χ2n) is 6.32. The molecule has 1 amide bonds. The first-order chi connectivity index (χ1) is 8.37. The number of carbonyl (C=O) groups excluding carboxylic acids is 1. The summed E-state index contributed by atoms with van der Waals surface area (Å²) in [6, 6.07) is 0.395. The number of carbonyl (C=O) groups is 1. The van der Waals surface area contributed by atoms with Crippen LogP contribution in [-0.4, -0.2) is 23.0 Å². The summed E-state index contributed by atoms with van der Waals surface area (Å²) in [6.45, 7) is 9.91. The molecular weight excluding hydrogens is 230 g/mol. The lowest BCUT2D eigenvalue weighted by Crippen LogP contribution is -2.55. The Morgan fingerprint density at radius 3 is 2.56 bits per heavy atom. The Hall–Kier alpha value is -0.910. The van der Waals surface area contributed by atoms with E-state index in [1.54, 1.807) is 0 Å². The fourth-order valence-electron chi connectivity index (χ4n) is 2.15. The normalized spacial score (nSPS) is 30.9. The molecule has 2 atom stereocenters. The number of nitrogens with one attached hydrogen (secondary N) is 3. The molecule has 2 aliphatic carbocycles. The van der Waals surface area contributed by atoms with E-state index in [-0.39, 0.29) is 17.4 Å². The van der Waals surface area contributed by atoms with Gasteiger partial charge in [-0.1, -0.05) is 6.08 Å². The maximum Gasteiger partial charge on any atom is 0.265 e. The third-order valence-electron chi connectivity index (χ3n) is 3.25. The number of rotatable bonds is 6. The van der Waals surface area contributed by atoms with Crippen molar-refractivity contribution >= 4 is 5.91 Å². The molecule has 0 unspecified atom stereocenters. The maximum atomic E-state index is 12.2. The largest absolute Gasteiger partial charge is 0.298 e. The zero-order chi connectivity index (χ0) is 13.4. The summed E-state index contributed by atoms with van der Waals surface area (Å²) >= 11 is 0. The van der Waals surface area contributed by atoms with Gasteiger partial charge >= 0.3 is 0 Å². The minimum absolute atomic E-state index is 0.126. The van der Waals surface area contributed by atoms with Gasteiger partial charge in [-0.3, -0.25) is 10.1 Å². The molecule has 2 saturated carbocycles. The van der Waals surface area contributed by atoms with Gasteiger partial charge in [0, 0.05) is 17.5 Å². The van der Waals surface area contributed by atoms with E-state index in [1.165, 1.54) is 0 Å². The van der Waals surface area contributed by atoms with Crippen LogP contribution in [0.1, 0.15) is 40.0 Å². The van der Waals surface area contributed by atoms with E-state index in [0.717, 1.165) is 19.3 Å². The van der Waals surface area contributed by atoms with Crippen LogP contribution in [0.15, 0.2) is 12.7 Å². The van der Waals surface area contributed by atoms with Crippen molar-refractivity contribution in [3.63, 3.8) is 0 Å². The lowest BCUT2D eigenvalue weighted by molar-refractivity contribution is -0.145. The Kier molecular flexibility index (Phi) is 3.49. The van der Waals surface area contributed by atoms with Crippen molar-refractivity contribution in [1.82, 2.24) is 16.3 Å². The molecule has 2 rings (SSSR count). The highest BCUT2D eigenvalue weighted by Crippen LogP contribution is 2.45. The maximum absolute atomic E-state index is 12.2. The van der Waals surface area contributed by atoms with Gasteiger partial charge in [-0.2, -0.15) is 10.4 Å². The van der Waals surface area contributed by atoms with Crippen LogP contribution in [-0.2, 0) is 9.73 Å². The highest BCUT2D eigenvalue weighted by molar-refractivity contribution is 5.90. The van der Waals surface area contributed by atoms with E-state index >= 15 is 0 Å². The van der Waals surface area contributed by atoms with Crippen molar-refractivity contribution in [1.29, 1.82) is 0 Å². The second kappa shape index (κ2) is 4.64. The smallest absolute Gasteiger partial charge is 0.265 e. The first-order valence-corrected chi connectivity index (χ1v) is 6.51. The predicted molar refractivity (Wildman–Crippen MR) is 69.3 cm³/mol. The van der Waals surface area contributed by atoms with Crippen LogP contribution < -0.4 is 16.3 Å². The van der Waals surface area contributed by atoms with Crippen LogP contribution >= 0.6 is 0 Å². The van der Waals surface area contributed by atoms with Gasteiger partial charge in [0.15, 0.2) is 0 Å². The minimum Gasteiger partial charge on any atom is -0.298 e. The summed E-state index contributed by atoms with van der Waals surface area (Å²) in [5.41, 5.74) is 4.59. The van der Waals surface area contributed by atoms with Gasteiger partial charge in [-0.15, -0.1) is 6.58 Å². The average Bonchev–Trinajstić information content (AvgIpc) is 3.11. The lowest BCUT2D eigenvalue weighted by Gasteiger charge is -2.28. The highest BCUT2D eigenvalue weighted by Gasteiger charge is 2.60. The number of hydroxylamine groups is 2. The van der Waals surface area contributed by atoms with Crippen LogP contribution in [0.4, 0.5) is 0 Å². The van der Waals surface area contributed by atoms with Crippen molar-refractivity contribution in [3.8, 4) is 0 Å². The number of hydrogen-bond donors (Lipinski definition) is 3. The fourth-order valence-corrected chi connectivity index (χ4v) is 2.15. The van der Waals surface area contributed by atoms with Gasteiger partial charge in [0.25, 0.3) is 5.91 Å². The predicted octanol–water partition coefficient (Wildman–Crippen LogP) is 1.03. The van der Waals surface area contributed by atoms with Crippen LogP contribution in [0, 0.1) is 5.92 Å². The number of amides is 1. The van der Waals surface area contributed by atoms with Crippen LogP contribution in [0.25, 0.3) is 0 Å². The van der Waals surface area contributed by atoms with E-state index in [0.29, 0.717) is 6.04 Å². The van der Waals surface area contributed by atoms with E-state index in [1.807, 2.05) is 26.8 Å². The van der Waals surface area contributed by atoms with E-state index in [2.05, 4.69) is 22.9 Å². The second-order valence-corrected chi connectivity index (χ2v) is 6.32. The van der Waals surface area contributed by atoms with Crippen LogP contribution in [0.3, 0.4) is 0 Å². The summed E-state index contributed by atoms with van der Waals surface area (Å²) in [5.74, 6) is 0.0386. The molecule has 0 saturated heterocycles. The van der Waals surface area contributed by atoms with Gasteiger partial charge in [0.1, 0.15) is 5.54 Å². The zero-order valence-electron chi connectivity index (χ0n) is 11.4. The minimum atomic E-state index is -0.564. The topological polar surface area (TPSA) is 62.4 Å². The van der Waals surface area contributed by atoms with Gasteiger partial charge in [0.2, 0.25) is 0 Å². The molecule has 2 fully saturated rings. The summed E-state index contributed by atoms with van der Waals surface area (Å²) < 4.78 is 0. The quantitative estimate of drug-likeness (QED) is 0.489. The molecular formula is C13H23N3O2. The Bertz CT molecular complexity index is 347. The molecule has 2 aliphatic rings. The molecule has 0 bridgehead atoms. The molecule has 5 nitrogen and oxygen atoms in total. The van der Waals surface area contributed by atoms with E-state index in [4.69, 9.17) is 4.94 Å².